The second kappa shape index (κ2) is 4.71. The van der Waals surface area contributed by atoms with Gasteiger partial charge in [0, 0.05) is 11.9 Å². The van der Waals surface area contributed by atoms with E-state index in [1.54, 1.807) is 0 Å². The second-order valence-electron chi connectivity index (χ2n) is 2.77. The first-order valence-corrected chi connectivity index (χ1v) is 5.26. The molecule has 82 valence electrons. The third-order valence-corrected chi connectivity index (χ3v) is 2.65. The van der Waals surface area contributed by atoms with E-state index in [2.05, 4.69) is 25.1 Å². The van der Waals surface area contributed by atoms with E-state index in [1.807, 2.05) is 0 Å². The maximum atomic E-state index is 10.9. The van der Waals surface area contributed by atoms with Crippen LogP contribution < -0.4 is 0 Å². The first-order chi connectivity index (χ1) is 7.77. The Morgan fingerprint density at radius 3 is 3.00 bits per heavy atom. The summed E-state index contributed by atoms with van der Waals surface area (Å²) in [5.74, 6) is -0.631. The van der Waals surface area contributed by atoms with Crippen LogP contribution in [0.1, 0.15) is 16.1 Å². The average molecular weight is 237 g/mol. The summed E-state index contributed by atoms with van der Waals surface area (Å²) in [5.41, 5.74) is 0.568. The van der Waals surface area contributed by atoms with Crippen LogP contribution in [0.2, 0.25) is 0 Å². The molecule has 0 radical (unpaired) electrons. The van der Waals surface area contributed by atoms with Gasteiger partial charge in [-0.25, -0.2) is 19.7 Å². The van der Waals surface area contributed by atoms with Crippen LogP contribution in [0.4, 0.5) is 0 Å². The molecule has 8 heteroatoms. The third kappa shape index (κ3) is 2.34. The fourth-order valence-corrected chi connectivity index (χ4v) is 1.79. The van der Waals surface area contributed by atoms with E-state index in [9.17, 15) is 4.79 Å². The number of H-pyrrole nitrogens is 1. The number of rotatable bonds is 4. The van der Waals surface area contributed by atoms with E-state index in [1.165, 1.54) is 30.6 Å². The van der Waals surface area contributed by atoms with Gasteiger partial charge in [-0.3, -0.25) is 5.10 Å². The number of hydrogen-bond donors (Lipinski definition) is 2. The molecule has 0 saturated heterocycles. The zero-order chi connectivity index (χ0) is 11.4. The first-order valence-electron chi connectivity index (χ1n) is 4.27. The molecular formula is C8H7N5O2S. The standard InChI is InChI=1S/C8H7N5O2S/c14-7(15)5-1-9-3-10-6(5)2-16-8-11-4-12-13-8/h1,3-4H,2H2,(H,14,15)(H,11,12,13). The number of nitrogens with zero attached hydrogens (tertiary/aromatic N) is 4. The summed E-state index contributed by atoms with van der Waals surface area (Å²) in [5, 5.41) is 15.9. The number of carboxylic acids is 1. The highest BCUT2D eigenvalue weighted by molar-refractivity contribution is 7.98. The molecule has 0 aliphatic heterocycles. The van der Waals surface area contributed by atoms with Crippen molar-refractivity contribution in [2.45, 2.75) is 10.9 Å². The molecule has 0 bridgehead atoms. The molecule has 0 fully saturated rings. The van der Waals surface area contributed by atoms with Crippen molar-refractivity contribution < 1.29 is 9.90 Å². The minimum Gasteiger partial charge on any atom is -0.478 e. The van der Waals surface area contributed by atoms with E-state index >= 15 is 0 Å². The third-order valence-electron chi connectivity index (χ3n) is 1.76. The summed E-state index contributed by atoms with van der Waals surface area (Å²) in [6.07, 6.45) is 3.99. The summed E-state index contributed by atoms with van der Waals surface area (Å²) in [6.45, 7) is 0. The molecule has 0 amide bonds. The Hall–Kier alpha value is -1.96. The minimum atomic E-state index is -1.03. The smallest absolute Gasteiger partial charge is 0.339 e. The Bertz CT molecular complexity index is 487. The molecule has 0 saturated carbocycles. The Balaban J connectivity index is 2.12. The molecule has 2 aromatic rings. The number of hydrogen-bond acceptors (Lipinski definition) is 6. The maximum absolute atomic E-state index is 10.9. The van der Waals surface area contributed by atoms with Gasteiger partial charge in [-0.05, 0) is 0 Å². The molecule has 0 atom stereocenters. The van der Waals surface area contributed by atoms with Crippen molar-refractivity contribution in [3.8, 4) is 0 Å². The summed E-state index contributed by atoms with van der Waals surface area (Å²) < 4.78 is 0. The minimum absolute atomic E-state index is 0.106. The Kier molecular flexibility index (Phi) is 3.10. The van der Waals surface area contributed by atoms with Crippen LogP contribution in [0.25, 0.3) is 0 Å². The zero-order valence-corrected chi connectivity index (χ0v) is 8.81. The Morgan fingerprint density at radius 2 is 2.31 bits per heavy atom. The van der Waals surface area contributed by atoms with Gasteiger partial charge in [0.05, 0.1) is 5.69 Å². The Labute approximate surface area is 94.4 Å². The van der Waals surface area contributed by atoms with Crippen molar-refractivity contribution in [2.24, 2.45) is 0 Å². The van der Waals surface area contributed by atoms with E-state index < -0.39 is 5.97 Å². The lowest BCUT2D eigenvalue weighted by atomic mass is 10.2. The highest BCUT2D eigenvalue weighted by Gasteiger charge is 2.11. The highest BCUT2D eigenvalue weighted by Crippen LogP contribution is 2.18. The van der Waals surface area contributed by atoms with Crippen molar-refractivity contribution in [1.82, 2.24) is 25.1 Å². The van der Waals surface area contributed by atoms with Crippen LogP contribution in [-0.2, 0) is 5.75 Å². The number of nitrogens with one attached hydrogen (secondary N) is 1. The normalized spacial score (nSPS) is 10.2. The molecule has 2 heterocycles. The van der Waals surface area contributed by atoms with Gasteiger partial charge >= 0.3 is 5.97 Å². The van der Waals surface area contributed by atoms with E-state index in [-0.39, 0.29) is 5.56 Å². The topological polar surface area (TPSA) is 105 Å². The van der Waals surface area contributed by atoms with Crippen molar-refractivity contribution in [3.63, 3.8) is 0 Å². The Morgan fingerprint density at radius 1 is 1.44 bits per heavy atom. The number of aromatic amines is 1. The predicted octanol–water partition coefficient (Wildman–Crippen LogP) is 0.585. The quantitative estimate of drug-likeness (QED) is 0.749. The number of aromatic nitrogens is 5. The van der Waals surface area contributed by atoms with Crippen LogP contribution in [0, 0.1) is 0 Å². The van der Waals surface area contributed by atoms with Crippen LogP contribution in [-0.4, -0.2) is 36.2 Å². The molecule has 7 nitrogen and oxygen atoms in total. The monoisotopic (exact) mass is 237 g/mol. The maximum Gasteiger partial charge on any atom is 0.339 e. The van der Waals surface area contributed by atoms with Gasteiger partial charge in [-0.1, -0.05) is 11.8 Å². The van der Waals surface area contributed by atoms with Gasteiger partial charge in [-0.2, -0.15) is 5.10 Å². The van der Waals surface area contributed by atoms with E-state index in [0.29, 0.717) is 16.6 Å². The van der Waals surface area contributed by atoms with Crippen molar-refractivity contribution >= 4 is 17.7 Å². The lowest BCUT2D eigenvalue weighted by Crippen LogP contribution is -2.04. The molecule has 0 spiro atoms. The van der Waals surface area contributed by atoms with Gasteiger partial charge in [0.25, 0.3) is 0 Å². The van der Waals surface area contributed by atoms with Crippen molar-refractivity contribution in [2.75, 3.05) is 0 Å². The molecule has 2 N–H and O–H groups in total. The highest BCUT2D eigenvalue weighted by atomic mass is 32.2. The lowest BCUT2D eigenvalue weighted by Gasteiger charge is -2.01. The van der Waals surface area contributed by atoms with Gasteiger partial charge in [0.2, 0.25) is 0 Å². The molecule has 16 heavy (non-hydrogen) atoms. The van der Waals surface area contributed by atoms with E-state index in [4.69, 9.17) is 5.11 Å². The summed E-state index contributed by atoms with van der Waals surface area (Å²) >= 11 is 1.33. The molecule has 0 aliphatic rings. The number of carboxylic acid groups (broad SMARTS) is 1. The number of carbonyl (C=O) groups is 1. The van der Waals surface area contributed by atoms with Crippen LogP contribution in [0.3, 0.4) is 0 Å². The number of thioether (sulfide) groups is 1. The van der Waals surface area contributed by atoms with Crippen LogP contribution >= 0.6 is 11.8 Å². The molecule has 2 rings (SSSR count). The zero-order valence-electron chi connectivity index (χ0n) is 7.99. The molecular weight excluding hydrogens is 230 g/mol. The van der Waals surface area contributed by atoms with Crippen molar-refractivity contribution in [1.29, 1.82) is 0 Å². The first kappa shape index (κ1) is 10.6. The van der Waals surface area contributed by atoms with Gasteiger partial charge in [-0.15, -0.1) is 0 Å². The second-order valence-corrected chi connectivity index (χ2v) is 3.73. The lowest BCUT2D eigenvalue weighted by molar-refractivity contribution is 0.0695. The fourth-order valence-electron chi connectivity index (χ4n) is 1.05. The van der Waals surface area contributed by atoms with Crippen LogP contribution in [0.15, 0.2) is 24.0 Å². The molecule has 0 aromatic carbocycles. The van der Waals surface area contributed by atoms with E-state index in [0.717, 1.165) is 0 Å². The molecule has 2 aromatic heterocycles. The van der Waals surface area contributed by atoms with Gasteiger partial charge in [0.1, 0.15) is 18.2 Å². The van der Waals surface area contributed by atoms with Crippen molar-refractivity contribution in [3.05, 3.63) is 30.1 Å². The SMILES string of the molecule is O=C(O)c1cncnc1CSc1ncn[nH]1. The predicted molar refractivity (Wildman–Crippen MR) is 54.9 cm³/mol. The fraction of sp³-hybridized carbons (Fsp3) is 0.125. The number of aromatic carboxylic acids is 1. The van der Waals surface area contributed by atoms with Gasteiger partial charge < -0.3 is 5.11 Å². The van der Waals surface area contributed by atoms with Crippen LogP contribution in [0.5, 0.6) is 0 Å². The van der Waals surface area contributed by atoms with Gasteiger partial charge in [0.15, 0.2) is 5.16 Å². The molecule has 0 unspecified atom stereocenters. The summed E-state index contributed by atoms with van der Waals surface area (Å²) in [7, 11) is 0. The largest absolute Gasteiger partial charge is 0.478 e. The molecule has 0 aliphatic carbocycles. The average Bonchev–Trinajstić information content (AvgIpc) is 2.79. The summed E-state index contributed by atoms with van der Waals surface area (Å²) in [6, 6.07) is 0. The summed E-state index contributed by atoms with van der Waals surface area (Å²) in [4.78, 5) is 22.4.